The lowest BCUT2D eigenvalue weighted by Crippen LogP contribution is -2.40. The van der Waals surface area contributed by atoms with E-state index in [1.54, 1.807) is 0 Å². The third-order valence-corrected chi connectivity index (χ3v) is 5.49. The minimum atomic E-state index is -0.259. The maximum absolute atomic E-state index is 12.7. The number of hydrogen-bond donors (Lipinski definition) is 2. The van der Waals surface area contributed by atoms with Crippen molar-refractivity contribution >= 4 is 16.8 Å². The van der Waals surface area contributed by atoms with Crippen LogP contribution in [0.4, 0.5) is 0 Å². The standard InChI is InChI=1S/C23H25N3O2/c27-22-15-20(19-10-4-5-11-21(19)25-22)23(28)24-12-14-26-13-6-9-18(16-26)17-7-2-1-3-8-17/h1-5,7-8,10-11,15,18H,6,9,12-14,16H2,(H,24,28)(H,25,27)/t18-/m0/s1. The third kappa shape index (κ3) is 4.15. The summed E-state index contributed by atoms with van der Waals surface area (Å²) in [7, 11) is 0. The molecule has 0 saturated carbocycles. The van der Waals surface area contributed by atoms with E-state index in [1.165, 1.54) is 24.5 Å². The molecule has 3 aromatic rings. The summed E-state index contributed by atoms with van der Waals surface area (Å²) >= 11 is 0. The molecule has 144 valence electrons. The molecular formula is C23H25N3O2. The maximum Gasteiger partial charge on any atom is 0.252 e. The first kappa shape index (κ1) is 18.4. The molecule has 1 fully saturated rings. The van der Waals surface area contributed by atoms with Gasteiger partial charge >= 0.3 is 0 Å². The van der Waals surface area contributed by atoms with Crippen molar-refractivity contribution in [3.8, 4) is 0 Å². The lowest BCUT2D eigenvalue weighted by molar-refractivity contribution is 0.0947. The monoisotopic (exact) mass is 375 g/mol. The van der Waals surface area contributed by atoms with E-state index < -0.39 is 0 Å². The van der Waals surface area contributed by atoms with Crippen LogP contribution in [0.25, 0.3) is 10.9 Å². The average Bonchev–Trinajstić information content (AvgIpc) is 2.74. The lowest BCUT2D eigenvalue weighted by Gasteiger charge is -2.33. The van der Waals surface area contributed by atoms with E-state index in [9.17, 15) is 9.59 Å². The van der Waals surface area contributed by atoms with Crippen molar-refractivity contribution in [1.29, 1.82) is 0 Å². The van der Waals surface area contributed by atoms with Crippen LogP contribution in [0.1, 0.15) is 34.7 Å². The van der Waals surface area contributed by atoms with Gasteiger partial charge in [-0.15, -0.1) is 0 Å². The average molecular weight is 375 g/mol. The molecule has 5 heteroatoms. The van der Waals surface area contributed by atoms with E-state index >= 15 is 0 Å². The second-order valence-corrected chi connectivity index (χ2v) is 7.40. The van der Waals surface area contributed by atoms with E-state index in [1.807, 2.05) is 24.3 Å². The molecule has 5 nitrogen and oxygen atoms in total. The Bertz CT molecular complexity index is 1010. The van der Waals surface area contributed by atoms with Crippen molar-refractivity contribution in [1.82, 2.24) is 15.2 Å². The van der Waals surface area contributed by atoms with E-state index in [0.29, 0.717) is 23.5 Å². The zero-order valence-electron chi connectivity index (χ0n) is 15.9. The quantitative estimate of drug-likeness (QED) is 0.720. The van der Waals surface area contributed by atoms with Gasteiger partial charge in [-0.05, 0) is 36.9 Å². The number of carbonyl (C=O) groups excluding carboxylic acids is 1. The fraction of sp³-hybridized carbons (Fsp3) is 0.304. The smallest absolute Gasteiger partial charge is 0.252 e. The van der Waals surface area contributed by atoms with Gasteiger partial charge in [0.2, 0.25) is 5.56 Å². The summed E-state index contributed by atoms with van der Waals surface area (Å²) in [5.74, 6) is 0.362. The molecule has 1 saturated heterocycles. The number of fused-ring (bicyclic) bond motifs is 1. The van der Waals surface area contributed by atoms with Crippen LogP contribution in [0.2, 0.25) is 0 Å². The van der Waals surface area contributed by atoms with Crippen molar-refractivity contribution < 1.29 is 4.79 Å². The highest BCUT2D eigenvalue weighted by Gasteiger charge is 2.21. The van der Waals surface area contributed by atoms with E-state index in [4.69, 9.17) is 0 Å². The molecule has 2 aromatic carbocycles. The normalized spacial score (nSPS) is 17.5. The van der Waals surface area contributed by atoms with Crippen molar-refractivity contribution in [3.63, 3.8) is 0 Å². The number of amides is 1. The number of pyridine rings is 1. The Balaban J connectivity index is 1.36. The fourth-order valence-corrected chi connectivity index (χ4v) is 4.07. The minimum absolute atomic E-state index is 0.195. The van der Waals surface area contributed by atoms with Crippen LogP contribution in [0, 0.1) is 0 Å². The number of nitrogens with one attached hydrogen (secondary N) is 2. The van der Waals surface area contributed by atoms with Gasteiger partial charge in [-0.3, -0.25) is 9.59 Å². The number of likely N-dealkylation sites (tertiary alicyclic amines) is 1. The van der Waals surface area contributed by atoms with E-state index in [0.717, 1.165) is 25.0 Å². The molecule has 0 radical (unpaired) electrons. The Morgan fingerprint density at radius 3 is 2.75 bits per heavy atom. The van der Waals surface area contributed by atoms with Crippen LogP contribution in [-0.4, -0.2) is 42.0 Å². The second-order valence-electron chi connectivity index (χ2n) is 7.40. The number of para-hydroxylation sites is 1. The van der Waals surface area contributed by atoms with Gasteiger partial charge < -0.3 is 15.2 Å². The van der Waals surface area contributed by atoms with Gasteiger partial charge in [0.1, 0.15) is 0 Å². The summed E-state index contributed by atoms with van der Waals surface area (Å²) in [6.45, 7) is 3.47. The van der Waals surface area contributed by atoms with Crippen LogP contribution >= 0.6 is 0 Å². The number of aromatic amines is 1. The van der Waals surface area contributed by atoms with Gasteiger partial charge in [0, 0.05) is 36.6 Å². The predicted octanol–water partition coefficient (Wildman–Crippen LogP) is 3.14. The van der Waals surface area contributed by atoms with Gasteiger partial charge in [0.05, 0.1) is 5.56 Å². The molecule has 0 aliphatic carbocycles. The first-order valence-corrected chi connectivity index (χ1v) is 9.88. The molecule has 28 heavy (non-hydrogen) atoms. The number of nitrogens with zero attached hydrogens (tertiary/aromatic N) is 1. The first-order chi connectivity index (χ1) is 13.7. The van der Waals surface area contributed by atoms with Gasteiger partial charge in [-0.2, -0.15) is 0 Å². The molecule has 1 aliphatic rings. The zero-order valence-corrected chi connectivity index (χ0v) is 15.9. The van der Waals surface area contributed by atoms with Crippen LogP contribution in [0.15, 0.2) is 65.5 Å². The SMILES string of the molecule is O=C(NCCN1CCC[C@H](c2ccccc2)C1)c1cc(=O)[nH]c2ccccc12. The summed E-state index contributed by atoms with van der Waals surface area (Å²) in [5.41, 5.74) is 2.25. The molecule has 0 bridgehead atoms. The third-order valence-electron chi connectivity index (χ3n) is 5.49. The summed E-state index contributed by atoms with van der Waals surface area (Å²) in [5, 5.41) is 3.75. The summed E-state index contributed by atoms with van der Waals surface area (Å²) in [6.07, 6.45) is 2.39. The Labute approximate surface area is 164 Å². The number of aromatic nitrogens is 1. The van der Waals surface area contributed by atoms with Crippen LogP contribution < -0.4 is 10.9 Å². The van der Waals surface area contributed by atoms with Crippen LogP contribution in [0.3, 0.4) is 0 Å². The van der Waals surface area contributed by atoms with Crippen molar-refractivity contribution in [2.45, 2.75) is 18.8 Å². The van der Waals surface area contributed by atoms with Crippen molar-refractivity contribution in [3.05, 3.63) is 82.1 Å². The molecule has 0 spiro atoms. The Kier molecular flexibility index (Phi) is 5.53. The molecule has 0 unspecified atom stereocenters. The van der Waals surface area contributed by atoms with E-state index in [-0.39, 0.29) is 11.5 Å². The molecule has 1 aliphatic heterocycles. The number of H-pyrrole nitrogens is 1. The van der Waals surface area contributed by atoms with Gasteiger partial charge in [-0.25, -0.2) is 0 Å². The van der Waals surface area contributed by atoms with Gasteiger partial charge in [0.25, 0.3) is 5.91 Å². The highest BCUT2D eigenvalue weighted by Crippen LogP contribution is 2.26. The molecular weight excluding hydrogens is 350 g/mol. The highest BCUT2D eigenvalue weighted by molar-refractivity contribution is 6.05. The van der Waals surface area contributed by atoms with Crippen molar-refractivity contribution in [2.75, 3.05) is 26.2 Å². The first-order valence-electron chi connectivity index (χ1n) is 9.88. The lowest BCUT2D eigenvalue weighted by atomic mass is 9.91. The number of hydrogen-bond acceptors (Lipinski definition) is 3. The minimum Gasteiger partial charge on any atom is -0.351 e. The van der Waals surface area contributed by atoms with Gasteiger partial charge in [0.15, 0.2) is 0 Å². The molecule has 2 N–H and O–H groups in total. The zero-order chi connectivity index (χ0) is 19.3. The number of benzene rings is 2. The molecule has 1 atom stereocenters. The van der Waals surface area contributed by atoms with Crippen LogP contribution in [-0.2, 0) is 0 Å². The Morgan fingerprint density at radius 1 is 1.11 bits per heavy atom. The number of piperidine rings is 1. The van der Waals surface area contributed by atoms with Crippen molar-refractivity contribution in [2.24, 2.45) is 0 Å². The van der Waals surface area contributed by atoms with Crippen LogP contribution in [0.5, 0.6) is 0 Å². The Hall–Kier alpha value is -2.92. The summed E-state index contributed by atoms with van der Waals surface area (Å²) in [4.78, 5) is 29.7. The van der Waals surface area contributed by atoms with Gasteiger partial charge in [-0.1, -0.05) is 48.5 Å². The van der Waals surface area contributed by atoms with E-state index in [2.05, 4.69) is 45.5 Å². The topological polar surface area (TPSA) is 65.2 Å². The highest BCUT2D eigenvalue weighted by atomic mass is 16.2. The number of rotatable bonds is 5. The predicted molar refractivity (Wildman–Crippen MR) is 112 cm³/mol. The summed E-state index contributed by atoms with van der Waals surface area (Å²) < 4.78 is 0. The summed E-state index contributed by atoms with van der Waals surface area (Å²) in [6, 6.07) is 19.4. The largest absolute Gasteiger partial charge is 0.351 e. The molecule has 1 amide bonds. The molecule has 4 rings (SSSR count). The fourth-order valence-electron chi connectivity index (χ4n) is 4.07. The number of carbonyl (C=O) groups is 1. The molecule has 1 aromatic heterocycles. The Morgan fingerprint density at radius 2 is 1.89 bits per heavy atom. The second kappa shape index (κ2) is 8.40. The maximum atomic E-state index is 12.7. The molecule has 2 heterocycles.